The van der Waals surface area contributed by atoms with Gasteiger partial charge in [-0.25, -0.2) is 4.98 Å². The number of benzene rings is 3. The number of hydrogen-bond acceptors (Lipinski definition) is 2. The van der Waals surface area contributed by atoms with Gasteiger partial charge in [-0.05, 0) is 49.1 Å². The van der Waals surface area contributed by atoms with Crippen LogP contribution in [0.5, 0.6) is 0 Å². The number of aromatic nitrogens is 2. The smallest absolute Gasteiger partial charge is 0.221 e. The molecule has 0 aliphatic heterocycles. The van der Waals surface area contributed by atoms with Crippen LogP contribution in [0.3, 0.4) is 0 Å². The molecule has 0 saturated heterocycles. The molecule has 1 N–H and O–H groups in total. The van der Waals surface area contributed by atoms with Crippen LogP contribution in [0.2, 0.25) is 0 Å². The normalized spacial score (nSPS) is 12.1. The Morgan fingerprint density at radius 1 is 1.00 bits per heavy atom. The van der Waals surface area contributed by atoms with Crippen LogP contribution in [-0.4, -0.2) is 15.5 Å². The van der Waals surface area contributed by atoms with Crippen LogP contribution in [0, 0.1) is 13.8 Å². The summed E-state index contributed by atoms with van der Waals surface area (Å²) in [5.74, 6) is 0.859. The van der Waals surface area contributed by atoms with Gasteiger partial charge < -0.3 is 9.88 Å². The summed E-state index contributed by atoms with van der Waals surface area (Å²) in [5, 5.41) is 3.23. The number of amides is 1. The highest BCUT2D eigenvalue weighted by atomic mass is 16.1. The fraction of sp³-hybridized carbons (Fsp3) is 0.231. The summed E-state index contributed by atoms with van der Waals surface area (Å²) in [6.07, 6.45) is 1.17. The number of para-hydroxylation sites is 2. The summed E-state index contributed by atoms with van der Waals surface area (Å²) in [5.41, 5.74) is 6.70. The van der Waals surface area contributed by atoms with Gasteiger partial charge in [0.1, 0.15) is 11.9 Å². The number of rotatable bonds is 6. The van der Waals surface area contributed by atoms with Crippen LogP contribution in [-0.2, 0) is 18.3 Å². The molecule has 1 aromatic heterocycles. The predicted molar refractivity (Wildman–Crippen MR) is 121 cm³/mol. The molecular formula is C26H27N3O. The first-order valence-corrected chi connectivity index (χ1v) is 10.3. The van der Waals surface area contributed by atoms with Gasteiger partial charge >= 0.3 is 0 Å². The fourth-order valence-electron chi connectivity index (χ4n) is 3.97. The van der Waals surface area contributed by atoms with Crippen molar-refractivity contribution >= 4 is 16.9 Å². The van der Waals surface area contributed by atoms with E-state index in [2.05, 4.69) is 48.0 Å². The minimum Gasteiger partial charge on any atom is -0.342 e. The topological polar surface area (TPSA) is 46.9 Å². The van der Waals surface area contributed by atoms with Crippen molar-refractivity contribution in [1.29, 1.82) is 0 Å². The Hall–Kier alpha value is -3.40. The number of nitrogens with zero attached hydrogens (tertiary/aromatic N) is 2. The quantitative estimate of drug-likeness (QED) is 0.496. The van der Waals surface area contributed by atoms with Gasteiger partial charge in [0.05, 0.1) is 11.0 Å². The average Bonchev–Trinajstić information content (AvgIpc) is 3.08. The van der Waals surface area contributed by atoms with Gasteiger partial charge in [0.15, 0.2) is 0 Å². The van der Waals surface area contributed by atoms with E-state index in [9.17, 15) is 4.79 Å². The molecule has 1 heterocycles. The van der Waals surface area contributed by atoms with Crippen molar-refractivity contribution in [2.75, 3.05) is 0 Å². The average molecular weight is 398 g/mol. The molecule has 1 atom stereocenters. The molecule has 0 bridgehead atoms. The van der Waals surface area contributed by atoms with Crippen LogP contribution < -0.4 is 5.32 Å². The zero-order valence-electron chi connectivity index (χ0n) is 17.7. The summed E-state index contributed by atoms with van der Waals surface area (Å²) in [6, 6.07) is 24.2. The Kier molecular flexibility index (Phi) is 5.66. The first kappa shape index (κ1) is 19.9. The van der Waals surface area contributed by atoms with Gasteiger partial charge in [-0.3, -0.25) is 4.79 Å². The second kappa shape index (κ2) is 8.54. The fourth-order valence-corrected chi connectivity index (χ4v) is 3.97. The molecule has 3 aromatic carbocycles. The number of carbonyl (C=O) groups is 1. The highest BCUT2D eigenvalue weighted by Crippen LogP contribution is 2.25. The maximum absolute atomic E-state index is 12.9. The van der Waals surface area contributed by atoms with Gasteiger partial charge in [0.25, 0.3) is 0 Å². The molecule has 4 aromatic rings. The standard InChI is InChI=1S/C26H27N3O/c1-18-13-14-20(19(2)17-18)15-16-24(30)28-25(21-9-5-4-6-10-21)26-27-22-11-7-8-12-23(22)29(26)3/h4-14,17,25H,15-16H2,1-3H3,(H,28,30). The monoisotopic (exact) mass is 397 g/mol. The number of hydrogen-bond donors (Lipinski definition) is 1. The third-order valence-corrected chi connectivity index (χ3v) is 5.64. The molecule has 4 heteroatoms. The molecule has 1 unspecified atom stereocenters. The van der Waals surface area contributed by atoms with Crippen LogP contribution in [0.4, 0.5) is 0 Å². The van der Waals surface area contributed by atoms with Crippen molar-refractivity contribution in [2.24, 2.45) is 7.05 Å². The molecule has 0 aliphatic rings. The number of fused-ring (bicyclic) bond motifs is 1. The Labute approximate surface area is 177 Å². The lowest BCUT2D eigenvalue weighted by Gasteiger charge is -2.19. The van der Waals surface area contributed by atoms with E-state index in [4.69, 9.17) is 4.98 Å². The third kappa shape index (κ3) is 4.13. The van der Waals surface area contributed by atoms with Gasteiger partial charge in [0.2, 0.25) is 5.91 Å². The first-order chi connectivity index (χ1) is 14.5. The molecule has 0 radical (unpaired) electrons. The first-order valence-electron chi connectivity index (χ1n) is 10.3. The maximum atomic E-state index is 12.9. The molecule has 0 spiro atoms. The SMILES string of the molecule is Cc1ccc(CCC(=O)NC(c2ccccc2)c2nc3ccccc3n2C)c(C)c1. The van der Waals surface area contributed by atoms with E-state index in [1.807, 2.05) is 55.6 Å². The van der Waals surface area contributed by atoms with E-state index in [0.717, 1.165) is 28.8 Å². The summed E-state index contributed by atoms with van der Waals surface area (Å²) < 4.78 is 2.07. The second-order valence-corrected chi connectivity index (χ2v) is 7.86. The van der Waals surface area contributed by atoms with Crippen LogP contribution >= 0.6 is 0 Å². The van der Waals surface area contributed by atoms with E-state index in [0.29, 0.717) is 6.42 Å². The molecule has 0 fully saturated rings. The van der Waals surface area contributed by atoms with Crippen molar-refractivity contribution in [2.45, 2.75) is 32.7 Å². The molecule has 0 saturated carbocycles. The second-order valence-electron chi connectivity index (χ2n) is 7.86. The van der Waals surface area contributed by atoms with Crippen LogP contribution in [0.15, 0.2) is 72.8 Å². The Balaban J connectivity index is 1.59. The zero-order valence-corrected chi connectivity index (χ0v) is 17.7. The van der Waals surface area contributed by atoms with Gasteiger partial charge in [0, 0.05) is 13.5 Å². The minimum atomic E-state index is -0.296. The van der Waals surface area contributed by atoms with Gasteiger partial charge in [-0.1, -0.05) is 66.2 Å². The van der Waals surface area contributed by atoms with Crippen molar-refractivity contribution < 1.29 is 4.79 Å². The maximum Gasteiger partial charge on any atom is 0.221 e. The van der Waals surface area contributed by atoms with Gasteiger partial charge in [-0.15, -0.1) is 0 Å². The lowest BCUT2D eigenvalue weighted by atomic mass is 10.0. The molecular weight excluding hydrogens is 370 g/mol. The largest absolute Gasteiger partial charge is 0.342 e. The molecule has 4 nitrogen and oxygen atoms in total. The summed E-state index contributed by atoms with van der Waals surface area (Å²) in [6.45, 7) is 4.19. The molecule has 0 aliphatic carbocycles. The van der Waals surface area contributed by atoms with E-state index in [-0.39, 0.29) is 11.9 Å². The van der Waals surface area contributed by atoms with Crippen molar-refractivity contribution in [3.05, 3.63) is 101 Å². The number of nitrogens with one attached hydrogen (secondary N) is 1. The lowest BCUT2D eigenvalue weighted by Crippen LogP contribution is -2.31. The molecule has 1 amide bonds. The Morgan fingerprint density at radius 2 is 1.73 bits per heavy atom. The zero-order chi connectivity index (χ0) is 21.1. The Morgan fingerprint density at radius 3 is 2.47 bits per heavy atom. The highest BCUT2D eigenvalue weighted by Gasteiger charge is 2.22. The van der Waals surface area contributed by atoms with Crippen LogP contribution in [0.25, 0.3) is 11.0 Å². The Bertz CT molecular complexity index is 1180. The van der Waals surface area contributed by atoms with E-state index >= 15 is 0 Å². The van der Waals surface area contributed by atoms with E-state index in [1.54, 1.807) is 0 Å². The number of carbonyl (C=O) groups excluding carboxylic acids is 1. The van der Waals surface area contributed by atoms with E-state index in [1.165, 1.54) is 16.7 Å². The summed E-state index contributed by atoms with van der Waals surface area (Å²) in [7, 11) is 2.00. The van der Waals surface area contributed by atoms with Crippen molar-refractivity contribution in [1.82, 2.24) is 14.9 Å². The summed E-state index contributed by atoms with van der Waals surface area (Å²) >= 11 is 0. The third-order valence-electron chi connectivity index (χ3n) is 5.64. The van der Waals surface area contributed by atoms with Gasteiger partial charge in [-0.2, -0.15) is 0 Å². The van der Waals surface area contributed by atoms with Crippen molar-refractivity contribution in [3.63, 3.8) is 0 Å². The molecule has 4 rings (SSSR count). The van der Waals surface area contributed by atoms with Crippen LogP contribution in [0.1, 0.15) is 40.5 Å². The predicted octanol–water partition coefficient (Wildman–Crippen LogP) is 5.03. The van der Waals surface area contributed by atoms with Crippen molar-refractivity contribution in [3.8, 4) is 0 Å². The molecule has 30 heavy (non-hydrogen) atoms. The minimum absolute atomic E-state index is 0.0240. The molecule has 152 valence electrons. The summed E-state index contributed by atoms with van der Waals surface area (Å²) in [4.78, 5) is 17.8. The lowest BCUT2D eigenvalue weighted by molar-refractivity contribution is -0.121. The highest BCUT2D eigenvalue weighted by molar-refractivity contribution is 5.79. The van der Waals surface area contributed by atoms with E-state index < -0.39 is 0 Å². The number of aryl methyl sites for hydroxylation is 4. The number of imidazole rings is 1.